The monoisotopic (exact) mass is 262 g/mol. The van der Waals surface area contributed by atoms with Gasteiger partial charge in [-0.1, -0.05) is 13.0 Å². The van der Waals surface area contributed by atoms with E-state index >= 15 is 0 Å². The van der Waals surface area contributed by atoms with Gasteiger partial charge in [0.25, 0.3) is 0 Å². The van der Waals surface area contributed by atoms with Crippen LogP contribution in [-0.4, -0.2) is 21.3 Å². The van der Waals surface area contributed by atoms with Crippen molar-refractivity contribution in [2.75, 3.05) is 21.3 Å². The lowest BCUT2D eigenvalue weighted by Crippen LogP contribution is -1.98. The lowest BCUT2D eigenvalue weighted by atomic mass is 10.1. The zero-order valence-electron chi connectivity index (χ0n) is 12.2. The van der Waals surface area contributed by atoms with Gasteiger partial charge in [-0.3, -0.25) is 0 Å². The second kappa shape index (κ2) is 8.31. The van der Waals surface area contributed by atoms with E-state index in [0.717, 1.165) is 37.0 Å². The predicted molar refractivity (Wildman–Crippen MR) is 77.1 cm³/mol. The molecule has 0 spiro atoms. The van der Waals surface area contributed by atoms with Crippen molar-refractivity contribution in [2.24, 2.45) is 0 Å². The minimum absolute atomic E-state index is 0.643. The molecule has 1 aromatic carbocycles. The Morgan fingerprint density at radius 3 is 2.16 bits per heavy atom. The van der Waals surface area contributed by atoms with Crippen molar-refractivity contribution >= 4 is 0 Å². The Balaban J connectivity index is 2.87. The van der Waals surface area contributed by atoms with E-state index in [1.54, 1.807) is 21.3 Å². The quantitative estimate of drug-likeness (QED) is 0.735. The molecule has 19 heavy (non-hydrogen) atoms. The van der Waals surface area contributed by atoms with Crippen LogP contribution in [0.5, 0.6) is 17.2 Å². The smallest absolute Gasteiger partial charge is 0.203 e. The fraction of sp³-hybridized carbons (Fsp3) is 0.500. The topological polar surface area (TPSA) is 27.7 Å². The second-order valence-electron chi connectivity index (χ2n) is 4.10. The van der Waals surface area contributed by atoms with Gasteiger partial charge < -0.3 is 14.2 Å². The van der Waals surface area contributed by atoms with Crippen molar-refractivity contribution in [2.45, 2.75) is 32.6 Å². The predicted octanol–water partition coefficient (Wildman–Crippen LogP) is 3.45. The maximum atomic E-state index is 5.43. The van der Waals surface area contributed by atoms with E-state index in [2.05, 4.69) is 18.8 Å². The van der Waals surface area contributed by atoms with E-state index in [0.29, 0.717) is 11.5 Å². The Kier molecular flexibility index (Phi) is 6.67. The van der Waals surface area contributed by atoms with Crippen LogP contribution in [0.25, 0.3) is 0 Å². The molecule has 0 heterocycles. The average molecular weight is 262 g/mol. The molecular weight excluding hydrogens is 240 g/mol. The van der Waals surface area contributed by atoms with Crippen molar-refractivity contribution in [1.29, 1.82) is 0 Å². The molecule has 0 aliphatic rings. The standard InChI is InChI=1S/C16H22O3/c1-5-6-7-8-9-10-13-11-12-14(17-2)16(19-4)15(13)18-3/h11-12H,5-6,9-10H2,1-4H3. The van der Waals surface area contributed by atoms with Crippen LogP contribution in [0, 0.1) is 11.8 Å². The first-order valence-corrected chi connectivity index (χ1v) is 6.52. The number of hydrogen-bond donors (Lipinski definition) is 0. The van der Waals surface area contributed by atoms with Gasteiger partial charge in [0, 0.05) is 12.8 Å². The van der Waals surface area contributed by atoms with E-state index in [4.69, 9.17) is 14.2 Å². The first kappa shape index (κ1) is 15.2. The second-order valence-corrected chi connectivity index (χ2v) is 4.10. The van der Waals surface area contributed by atoms with Gasteiger partial charge in [0.2, 0.25) is 5.75 Å². The molecule has 0 aliphatic carbocycles. The molecule has 1 aromatic rings. The Labute approximate surface area is 115 Å². The summed E-state index contributed by atoms with van der Waals surface area (Å²) in [6.45, 7) is 2.13. The van der Waals surface area contributed by atoms with Gasteiger partial charge in [-0.05, 0) is 24.5 Å². The molecule has 0 atom stereocenters. The highest BCUT2D eigenvalue weighted by atomic mass is 16.5. The third-order valence-corrected chi connectivity index (χ3v) is 2.81. The summed E-state index contributed by atoms with van der Waals surface area (Å²) >= 11 is 0. The molecular formula is C16H22O3. The van der Waals surface area contributed by atoms with Crippen molar-refractivity contribution in [1.82, 2.24) is 0 Å². The molecule has 0 saturated carbocycles. The van der Waals surface area contributed by atoms with Gasteiger partial charge in [0.1, 0.15) is 0 Å². The zero-order valence-corrected chi connectivity index (χ0v) is 12.2. The van der Waals surface area contributed by atoms with Gasteiger partial charge in [0.15, 0.2) is 11.5 Å². The molecule has 0 unspecified atom stereocenters. The van der Waals surface area contributed by atoms with Crippen molar-refractivity contribution in [3.63, 3.8) is 0 Å². The number of aryl methyl sites for hydroxylation is 1. The van der Waals surface area contributed by atoms with Crippen LogP contribution < -0.4 is 14.2 Å². The third kappa shape index (κ3) is 4.10. The van der Waals surface area contributed by atoms with Crippen molar-refractivity contribution < 1.29 is 14.2 Å². The van der Waals surface area contributed by atoms with Crippen molar-refractivity contribution in [3.8, 4) is 29.1 Å². The minimum Gasteiger partial charge on any atom is -0.493 e. The molecule has 0 aromatic heterocycles. The minimum atomic E-state index is 0.643. The number of ether oxygens (including phenoxy) is 3. The molecule has 1 rings (SSSR count). The molecule has 3 heteroatoms. The summed E-state index contributed by atoms with van der Waals surface area (Å²) in [7, 11) is 4.88. The van der Waals surface area contributed by atoms with E-state index in [1.165, 1.54) is 0 Å². The lowest BCUT2D eigenvalue weighted by molar-refractivity contribution is 0.322. The molecule has 0 N–H and O–H groups in total. The Morgan fingerprint density at radius 1 is 0.895 bits per heavy atom. The molecule has 0 aliphatic heterocycles. The largest absolute Gasteiger partial charge is 0.493 e. The first-order valence-electron chi connectivity index (χ1n) is 6.52. The van der Waals surface area contributed by atoms with Crippen LogP contribution in [0.2, 0.25) is 0 Å². The average Bonchev–Trinajstić information content (AvgIpc) is 2.45. The normalized spacial score (nSPS) is 9.47. The maximum Gasteiger partial charge on any atom is 0.203 e. The molecule has 0 saturated heterocycles. The summed E-state index contributed by atoms with van der Waals surface area (Å²) in [4.78, 5) is 0. The summed E-state index contributed by atoms with van der Waals surface area (Å²) in [5.74, 6) is 8.38. The van der Waals surface area contributed by atoms with Crippen LogP contribution in [0.3, 0.4) is 0 Å². The van der Waals surface area contributed by atoms with Crippen LogP contribution in [0.4, 0.5) is 0 Å². The summed E-state index contributed by atoms with van der Waals surface area (Å²) < 4.78 is 16.1. The Bertz CT molecular complexity index is 455. The Hall–Kier alpha value is -1.82. The summed E-state index contributed by atoms with van der Waals surface area (Å²) in [6.07, 6.45) is 3.74. The van der Waals surface area contributed by atoms with E-state index < -0.39 is 0 Å². The molecule has 104 valence electrons. The molecule has 0 bridgehead atoms. The van der Waals surface area contributed by atoms with Crippen molar-refractivity contribution in [3.05, 3.63) is 17.7 Å². The molecule has 0 amide bonds. The molecule has 0 radical (unpaired) electrons. The summed E-state index contributed by atoms with van der Waals surface area (Å²) in [5.41, 5.74) is 1.09. The van der Waals surface area contributed by atoms with E-state index in [9.17, 15) is 0 Å². The van der Waals surface area contributed by atoms with Gasteiger partial charge in [0.05, 0.1) is 21.3 Å². The third-order valence-electron chi connectivity index (χ3n) is 2.81. The van der Waals surface area contributed by atoms with E-state index in [1.807, 2.05) is 12.1 Å². The van der Waals surface area contributed by atoms with Gasteiger partial charge in [-0.25, -0.2) is 0 Å². The van der Waals surface area contributed by atoms with Gasteiger partial charge in [-0.15, -0.1) is 11.8 Å². The number of unbranched alkanes of at least 4 members (excludes halogenated alkanes) is 1. The first-order chi connectivity index (χ1) is 9.28. The highest BCUT2D eigenvalue weighted by Crippen LogP contribution is 2.40. The van der Waals surface area contributed by atoms with Crippen LogP contribution >= 0.6 is 0 Å². The van der Waals surface area contributed by atoms with Crippen LogP contribution in [0.1, 0.15) is 31.7 Å². The number of rotatable bonds is 6. The lowest BCUT2D eigenvalue weighted by Gasteiger charge is -2.15. The fourth-order valence-corrected chi connectivity index (χ4v) is 1.86. The number of methoxy groups -OCH3 is 3. The highest BCUT2D eigenvalue weighted by molar-refractivity contribution is 5.55. The number of benzene rings is 1. The van der Waals surface area contributed by atoms with Gasteiger partial charge >= 0.3 is 0 Å². The zero-order chi connectivity index (χ0) is 14.1. The van der Waals surface area contributed by atoms with Crippen LogP contribution in [0.15, 0.2) is 12.1 Å². The number of hydrogen-bond acceptors (Lipinski definition) is 3. The SMILES string of the molecule is CCCC#CCCc1ccc(OC)c(OC)c1OC. The maximum absolute atomic E-state index is 5.43. The van der Waals surface area contributed by atoms with E-state index in [-0.39, 0.29) is 0 Å². The highest BCUT2D eigenvalue weighted by Gasteiger charge is 2.14. The Morgan fingerprint density at radius 2 is 1.58 bits per heavy atom. The fourth-order valence-electron chi connectivity index (χ4n) is 1.86. The van der Waals surface area contributed by atoms with Gasteiger partial charge in [-0.2, -0.15) is 0 Å². The molecule has 0 fully saturated rings. The summed E-state index contributed by atoms with van der Waals surface area (Å²) in [5, 5.41) is 0. The summed E-state index contributed by atoms with van der Waals surface area (Å²) in [6, 6.07) is 3.90. The van der Waals surface area contributed by atoms with Crippen LogP contribution in [-0.2, 0) is 6.42 Å². The molecule has 3 nitrogen and oxygen atoms in total.